The Morgan fingerprint density at radius 1 is 1.05 bits per heavy atom. The van der Waals surface area contributed by atoms with E-state index in [1.165, 1.54) is 32.2 Å². The van der Waals surface area contributed by atoms with Gasteiger partial charge in [0, 0.05) is 36.6 Å². The molecule has 0 saturated carbocycles. The average molecular weight is 590 g/mol. The average Bonchev–Trinajstić information content (AvgIpc) is 2.92. The van der Waals surface area contributed by atoms with Gasteiger partial charge in [-0.1, -0.05) is 42.5 Å². The van der Waals surface area contributed by atoms with Crippen molar-refractivity contribution in [2.45, 2.75) is 33.2 Å². The Kier molecular flexibility index (Phi) is 12.2. The van der Waals surface area contributed by atoms with Gasteiger partial charge < -0.3 is 14.8 Å². The van der Waals surface area contributed by atoms with Crippen LogP contribution in [0, 0.1) is 10.1 Å². The van der Waals surface area contributed by atoms with Crippen molar-refractivity contribution < 1.29 is 37.0 Å². The maximum absolute atomic E-state index is 13.3. The lowest BCUT2D eigenvalue weighted by Crippen LogP contribution is -2.33. The lowest BCUT2D eigenvalue weighted by atomic mass is 9.80. The number of nitro groups is 1. The fourth-order valence-corrected chi connectivity index (χ4v) is 4.14. The SMILES string of the molecule is CCS(=O)(=O)O.COC(=O)C1=C(C)NC(C)=C(C(=O)OCCN(C)Cc2ccccc2)C1c1cccc([N+](=O)[O-])c1. The standard InChI is InChI=1S/C26H29N3O6.C2H6O3S/c1-17-22(25(30)34-4)24(20-11-8-12-21(15-20)29(32)33)23(18(2)27-17)26(31)35-14-13-28(3)16-19-9-6-5-7-10-19;1-2-6(3,4)5/h5-12,15,24,27H,13-14,16H2,1-4H3;2H2,1H3,(H,3,4,5). The number of likely N-dealkylation sites (N-methyl/N-ethyl adjacent to an activating group) is 1. The fourth-order valence-electron chi connectivity index (χ4n) is 4.14. The molecule has 2 aromatic rings. The minimum Gasteiger partial charge on any atom is -0.466 e. The van der Waals surface area contributed by atoms with Gasteiger partial charge in [0.2, 0.25) is 0 Å². The van der Waals surface area contributed by atoms with Crippen molar-refractivity contribution in [3.8, 4) is 0 Å². The number of hydrogen-bond donors (Lipinski definition) is 2. The zero-order valence-corrected chi connectivity index (χ0v) is 24.4. The first-order chi connectivity index (χ1) is 19.3. The summed E-state index contributed by atoms with van der Waals surface area (Å²) < 4.78 is 37.5. The summed E-state index contributed by atoms with van der Waals surface area (Å²) in [6, 6.07) is 15.8. The van der Waals surface area contributed by atoms with E-state index in [0.717, 1.165) is 5.56 Å². The van der Waals surface area contributed by atoms with Crippen LogP contribution in [-0.2, 0) is 35.7 Å². The van der Waals surface area contributed by atoms with Gasteiger partial charge in [0.05, 0.1) is 34.9 Å². The van der Waals surface area contributed by atoms with Crippen molar-refractivity contribution >= 4 is 27.7 Å². The highest BCUT2D eigenvalue weighted by molar-refractivity contribution is 7.85. The summed E-state index contributed by atoms with van der Waals surface area (Å²) in [5.41, 5.74) is 2.85. The van der Waals surface area contributed by atoms with Crippen LogP contribution in [0.4, 0.5) is 5.69 Å². The first-order valence-corrected chi connectivity index (χ1v) is 14.3. The van der Waals surface area contributed by atoms with E-state index in [2.05, 4.69) is 5.32 Å². The van der Waals surface area contributed by atoms with Gasteiger partial charge in [0.25, 0.3) is 15.8 Å². The van der Waals surface area contributed by atoms with E-state index in [-0.39, 0.29) is 29.2 Å². The van der Waals surface area contributed by atoms with E-state index in [0.29, 0.717) is 30.0 Å². The fraction of sp³-hybridized carbons (Fsp3) is 0.357. The van der Waals surface area contributed by atoms with Gasteiger partial charge in [-0.3, -0.25) is 19.6 Å². The molecule has 0 spiro atoms. The van der Waals surface area contributed by atoms with Gasteiger partial charge in [-0.25, -0.2) is 9.59 Å². The molecule has 2 aromatic carbocycles. The highest BCUT2D eigenvalue weighted by atomic mass is 32.2. The number of carbonyl (C=O) groups excluding carboxylic acids is 2. The molecule has 0 aliphatic carbocycles. The topological polar surface area (TPSA) is 165 Å². The van der Waals surface area contributed by atoms with Crippen LogP contribution in [0.5, 0.6) is 0 Å². The third-order valence-corrected chi connectivity index (χ3v) is 6.90. The molecule has 222 valence electrons. The molecule has 0 radical (unpaired) electrons. The van der Waals surface area contributed by atoms with Crippen molar-refractivity contribution in [2.75, 3.05) is 33.1 Å². The molecule has 1 aliphatic heterocycles. The first-order valence-electron chi connectivity index (χ1n) is 12.6. The second-order valence-electron chi connectivity index (χ2n) is 9.21. The van der Waals surface area contributed by atoms with Crippen LogP contribution in [0.1, 0.15) is 37.8 Å². The Hall–Kier alpha value is -4.07. The molecule has 2 N–H and O–H groups in total. The van der Waals surface area contributed by atoms with Crippen molar-refractivity contribution in [3.05, 3.63) is 98.4 Å². The predicted octanol–water partition coefficient (Wildman–Crippen LogP) is 3.57. The zero-order valence-electron chi connectivity index (χ0n) is 23.6. The van der Waals surface area contributed by atoms with E-state index in [4.69, 9.17) is 14.0 Å². The number of rotatable bonds is 10. The molecule has 1 atom stereocenters. The van der Waals surface area contributed by atoms with Gasteiger partial charge in [-0.05, 0) is 38.9 Å². The van der Waals surface area contributed by atoms with Crippen molar-refractivity contribution in [3.63, 3.8) is 0 Å². The summed E-state index contributed by atoms with van der Waals surface area (Å²) in [6.07, 6.45) is 0. The molecule has 12 nitrogen and oxygen atoms in total. The molecule has 3 rings (SSSR count). The number of ether oxygens (including phenoxy) is 2. The number of carbonyl (C=O) groups is 2. The van der Waals surface area contributed by atoms with Crippen molar-refractivity contribution in [2.24, 2.45) is 0 Å². The highest BCUT2D eigenvalue weighted by Crippen LogP contribution is 2.40. The highest BCUT2D eigenvalue weighted by Gasteiger charge is 2.38. The molecule has 0 saturated heterocycles. The van der Waals surface area contributed by atoms with Gasteiger partial charge in [0.1, 0.15) is 6.61 Å². The first kappa shape index (κ1) is 33.1. The van der Waals surface area contributed by atoms with Crippen LogP contribution in [-0.4, -0.2) is 67.8 Å². The van der Waals surface area contributed by atoms with Gasteiger partial charge in [-0.15, -0.1) is 0 Å². The second-order valence-corrected chi connectivity index (χ2v) is 11.0. The lowest BCUT2D eigenvalue weighted by molar-refractivity contribution is -0.384. The summed E-state index contributed by atoms with van der Waals surface area (Å²) in [4.78, 5) is 38.8. The third kappa shape index (κ3) is 9.81. The third-order valence-electron chi connectivity index (χ3n) is 6.17. The monoisotopic (exact) mass is 589 g/mol. The van der Waals surface area contributed by atoms with Gasteiger partial charge >= 0.3 is 11.9 Å². The van der Waals surface area contributed by atoms with Gasteiger partial charge in [0.15, 0.2) is 0 Å². The summed E-state index contributed by atoms with van der Waals surface area (Å²) in [5, 5.41) is 14.4. The van der Waals surface area contributed by atoms with Crippen LogP contribution in [0.2, 0.25) is 0 Å². The largest absolute Gasteiger partial charge is 0.466 e. The molecule has 0 amide bonds. The van der Waals surface area contributed by atoms with Crippen LogP contribution in [0.25, 0.3) is 0 Å². The summed E-state index contributed by atoms with van der Waals surface area (Å²) >= 11 is 0. The molecule has 1 unspecified atom stereocenters. The Balaban J connectivity index is 0.000000883. The minimum absolute atomic E-state index is 0.136. The molecule has 0 fully saturated rings. The number of nitrogens with one attached hydrogen (secondary N) is 1. The maximum Gasteiger partial charge on any atom is 0.336 e. The Morgan fingerprint density at radius 3 is 2.17 bits per heavy atom. The normalized spacial score (nSPS) is 15.0. The summed E-state index contributed by atoms with van der Waals surface area (Å²) in [6.45, 7) is 6.11. The number of nitrogens with zero attached hydrogens (tertiary/aromatic N) is 2. The predicted molar refractivity (Wildman–Crippen MR) is 152 cm³/mol. The van der Waals surface area contributed by atoms with E-state index < -0.39 is 32.9 Å². The van der Waals surface area contributed by atoms with Gasteiger partial charge in [-0.2, -0.15) is 8.42 Å². The van der Waals surface area contributed by atoms with Crippen molar-refractivity contribution in [1.29, 1.82) is 0 Å². The molecular formula is C28H35N3O9S. The number of nitro benzene ring substituents is 1. The molecule has 13 heteroatoms. The quantitative estimate of drug-likeness (QED) is 0.180. The summed E-state index contributed by atoms with van der Waals surface area (Å²) in [5.74, 6) is -2.31. The Labute approximate surface area is 239 Å². The van der Waals surface area contributed by atoms with E-state index in [9.17, 15) is 28.1 Å². The van der Waals surface area contributed by atoms with Crippen LogP contribution < -0.4 is 5.32 Å². The van der Waals surface area contributed by atoms with Crippen LogP contribution in [0.3, 0.4) is 0 Å². The number of hydrogen-bond acceptors (Lipinski definition) is 10. The smallest absolute Gasteiger partial charge is 0.336 e. The number of non-ortho nitro benzene ring substituents is 1. The molecule has 1 aliphatic rings. The zero-order chi connectivity index (χ0) is 30.7. The van der Waals surface area contributed by atoms with Crippen LogP contribution in [0.15, 0.2) is 77.1 Å². The Morgan fingerprint density at radius 2 is 1.63 bits per heavy atom. The second kappa shape index (κ2) is 15.1. The number of benzene rings is 2. The Bertz CT molecular complexity index is 1420. The number of allylic oxidation sites excluding steroid dienone is 2. The molecular weight excluding hydrogens is 554 g/mol. The molecule has 41 heavy (non-hydrogen) atoms. The van der Waals surface area contributed by atoms with E-state index >= 15 is 0 Å². The molecule has 0 aromatic heterocycles. The van der Waals surface area contributed by atoms with E-state index in [1.54, 1.807) is 19.9 Å². The summed E-state index contributed by atoms with van der Waals surface area (Å²) in [7, 11) is -0.482. The number of esters is 2. The van der Waals surface area contributed by atoms with Crippen LogP contribution >= 0.6 is 0 Å². The maximum atomic E-state index is 13.3. The number of methoxy groups -OCH3 is 1. The molecule has 1 heterocycles. The molecule has 0 bridgehead atoms. The van der Waals surface area contributed by atoms with Crippen molar-refractivity contribution in [1.82, 2.24) is 10.2 Å². The number of dihydropyridines is 1. The van der Waals surface area contributed by atoms with E-state index in [1.807, 2.05) is 42.3 Å². The minimum atomic E-state index is -3.66. The lowest BCUT2D eigenvalue weighted by Gasteiger charge is -2.30.